The molecule has 0 radical (unpaired) electrons. The first-order chi connectivity index (χ1) is 5.29. The summed E-state index contributed by atoms with van der Waals surface area (Å²) in [6.45, 7) is 3.46. The average Bonchev–Trinajstić information content (AvgIpc) is 2.05. The van der Waals surface area contributed by atoms with Crippen molar-refractivity contribution >= 4 is 6.08 Å². The number of halogens is 1. The Balaban J connectivity index is 3.34. The molecule has 0 fully saturated rings. The highest BCUT2D eigenvalue weighted by Crippen LogP contribution is 2.12. The molecule has 0 N–H and O–H groups in total. The SMILES string of the molecule is C#Cc1cccc(C=C)c1F. The highest BCUT2D eigenvalue weighted by atomic mass is 19.1. The van der Waals surface area contributed by atoms with E-state index >= 15 is 0 Å². The van der Waals surface area contributed by atoms with Crippen molar-refractivity contribution in [2.45, 2.75) is 0 Å². The van der Waals surface area contributed by atoms with Crippen LogP contribution in [-0.4, -0.2) is 0 Å². The maximum Gasteiger partial charge on any atom is 0.145 e. The lowest BCUT2D eigenvalue weighted by Gasteiger charge is -1.97. The fourth-order valence-electron chi connectivity index (χ4n) is 0.819. The van der Waals surface area contributed by atoms with Gasteiger partial charge in [0, 0.05) is 5.56 Å². The second kappa shape index (κ2) is 3.03. The zero-order valence-corrected chi connectivity index (χ0v) is 5.97. The fourth-order valence-corrected chi connectivity index (χ4v) is 0.819. The molecule has 54 valence electrons. The minimum atomic E-state index is -0.370. The van der Waals surface area contributed by atoms with Gasteiger partial charge < -0.3 is 0 Å². The van der Waals surface area contributed by atoms with Gasteiger partial charge in [-0.1, -0.05) is 30.7 Å². The molecule has 0 amide bonds. The lowest BCUT2D eigenvalue weighted by molar-refractivity contribution is 0.621. The Kier molecular flexibility index (Phi) is 2.08. The van der Waals surface area contributed by atoms with E-state index in [2.05, 4.69) is 12.5 Å². The number of hydrogen-bond donors (Lipinski definition) is 0. The molecule has 1 aromatic carbocycles. The smallest absolute Gasteiger partial charge is 0.145 e. The van der Waals surface area contributed by atoms with Crippen LogP contribution < -0.4 is 0 Å². The lowest BCUT2D eigenvalue weighted by atomic mass is 10.1. The van der Waals surface area contributed by atoms with E-state index < -0.39 is 0 Å². The van der Waals surface area contributed by atoms with Crippen LogP contribution in [0.25, 0.3) is 6.08 Å². The molecule has 0 saturated heterocycles. The van der Waals surface area contributed by atoms with E-state index in [9.17, 15) is 4.39 Å². The second-order valence-electron chi connectivity index (χ2n) is 2.06. The summed E-state index contributed by atoms with van der Waals surface area (Å²) in [5.41, 5.74) is 0.725. The van der Waals surface area contributed by atoms with Crippen LogP contribution in [-0.2, 0) is 0 Å². The van der Waals surface area contributed by atoms with Crippen LogP contribution in [0.4, 0.5) is 4.39 Å². The molecule has 0 heterocycles. The normalized spacial score (nSPS) is 8.73. The van der Waals surface area contributed by atoms with E-state index in [1.807, 2.05) is 0 Å². The van der Waals surface area contributed by atoms with Gasteiger partial charge in [-0.3, -0.25) is 0 Å². The zero-order valence-electron chi connectivity index (χ0n) is 5.97. The molecule has 0 spiro atoms. The maximum absolute atomic E-state index is 13.1. The predicted molar refractivity (Wildman–Crippen MR) is 44.4 cm³/mol. The minimum Gasteiger partial charge on any atom is -0.205 e. The molecule has 0 unspecified atom stereocenters. The molecule has 0 nitrogen and oxygen atoms in total. The van der Waals surface area contributed by atoms with Crippen LogP contribution >= 0.6 is 0 Å². The maximum atomic E-state index is 13.1. The van der Waals surface area contributed by atoms with Gasteiger partial charge in [-0.05, 0) is 6.07 Å². The third kappa shape index (κ3) is 1.30. The van der Waals surface area contributed by atoms with Gasteiger partial charge in [-0.15, -0.1) is 6.42 Å². The highest BCUT2D eigenvalue weighted by molar-refractivity contribution is 5.52. The summed E-state index contributed by atoms with van der Waals surface area (Å²) in [7, 11) is 0. The molecule has 11 heavy (non-hydrogen) atoms. The van der Waals surface area contributed by atoms with Crippen LogP contribution in [0.2, 0.25) is 0 Å². The van der Waals surface area contributed by atoms with Crippen LogP contribution in [0.1, 0.15) is 11.1 Å². The van der Waals surface area contributed by atoms with Crippen molar-refractivity contribution in [1.29, 1.82) is 0 Å². The number of terminal acetylenes is 1. The molecule has 0 saturated carbocycles. The van der Waals surface area contributed by atoms with Gasteiger partial charge in [0.05, 0.1) is 5.56 Å². The Morgan fingerprint density at radius 1 is 1.55 bits per heavy atom. The Bertz CT molecular complexity index is 318. The van der Waals surface area contributed by atoms with E-state index in [1.165, 1.54) is 6.08 Å². The summed E-state index contributed by atoms with van der Waals surface area (Å²) in [5, 5.41) is 0. The molecule has 0 aliphatic rings. The fraction of sp³-hybridized carbons (Fsp3) is 0. The molecule has 0 aromatic heterocycles. The van der Waals surface area contributed by atoms with Crippen molar-refractivity contribution in [1.82, 2.24) is 0 Å². The quantitative estimate of drug-likeness (QED) is 0.534. The van der Waals surface area contributed by atoms with Crippen LogP contribution in [0.3, 0.4) is 0 Å². The summed E-state index contributed by atoms with van der Waals surface area (Å²) in [4.78, 5) is 0. The van der Waals surface area contributed by atoms with Gasteiger partial charge in [0.2, 0.25) is 0 Å². The first-order valence-corrected chi connectivity index (χ1v) is 3.17. The standard InChI is InChI=1S/C10H7F/c1-3-8-6-5-7-9(4-2)10(8)11/h1,4-7H,2H2. The van der Waals surface area contributed by atoms with E-state index in [1.54, 1.807) is 18.2 Å². The molecule has 1 aromatic rings. The number of rotatable bonds is 1. The van der Waals surface area contributed by atoms with E-state index in [0.29, 0.717) is 5.56 Å². The third-order valence-electron chi connectivity index (χ3n) is 1.40. The van der Waals surface area contributed by atoms with E-state index in [4.69, 9.17) is 6.42 Å². The van der Waals surface area contributed by atoms with Gasteiger partial charge >= 0.3 is 0 Å². The average molecular weight is 146 g/mol. The zero-order chi connectivity index (χ0) is 8.27. The summed E-state index contributed by atoms with van der Waals surface area (Å²) >= 11 is 0. The van der Waals surface area contributed by atoms with Crippen molar-refractivity contribution in [3.8, 4) is 12.3 Å². The molecule has 0 aliphatic heterocycles. The molecule has 0 bridgehead atoms. The predicted octanol–water partition coefficient (Wildman–Crippen LogP) is 2.45. The molecular formula is C10H7F. The van der Waals surface area contributed by atoms with Gasteiger partial charge in [-0.2, -0.15) is 0 Å². The van der Waals surface area contributed by atoms with Crippen LogP contribution in [0, 0.1) is 18.2 Å². The summed E-state index contributed by atoms with van der Waals surface area (Å²) in [6.07, 6.45) is 6.49. The lowest BCUT2D eigenvalue weighted by Crippen LogP contribution is -1.86. The van der Waals surface area contributed by atoms with E-state index in [0.717, 1.165) is 0 Å². The number of hydrogen-bond acceptors (Lipinski definition) is 0. The van der Waals surface area contributed by atoms with Crippen molar-refractivity contribution in [2.24, 2.45) is 0 Å². The Morgan fingerprint density at radius 2 is 2.27 bits per heavy atom. The molecule has 1 rings (SSSR count). The largest absolute Gasteiger partial charge is 0.205 e. The monoisotopic (exact) mass is 146 g/mol. The van der Waals surface area contributed by atoms with E-state index in [-0.39, 0.29) is 11.4 Å². The molecule has 0 atom stereocenters. The van der Waals surface area contributed by atoms with Crippen molar-refractivity contribution < 1.29 is 4.39 Å². The van der Waals surface area contributed by atoms with Gasteiger partial charge in [0.25, 0.3) is 0 Å². The van der Waals surface area contributed by atoms with Crippen LogP contribution in [0.15, 0.2) is 24.8 Å². The second-order valence-corrected chi connectivity index (χ2v) is 2.06. The Hall–Kier alpha value is -1.55. The summed E-state index contributed by atoms with van der Waals surface area (Å²) in [5.74, 6) is 1.88. The molecule has 0 aliphatic carbocycles. The topological polar surface area (TPSA) is 0 Å². The third-order valence-corrected chi connectivity index (χ3v) is 1.40. The number of benzene rings is 1. The van der Waals surface area contributed by atoms with Crippen molar-refractivity contribution in [3.05, 3.63) is 41.7 Å². The van der Waals surface area contributed by atoms with Crippen LogP contribution in [0.5, 0.6) is 0 Å². The van der Waals surface area contributed by atoms with Crippen molar-refractivity contribution in [2.75, 3.05) is 0 Å². The first kappa shape index (κ1) is 7.56. The highest BCUT2D eigenvalue weighted by Gasteiger charge is 2.01. The summed E-state index contributed by atoms with van der Waals surface area (Å²) < 4.78 is 13.1. The van der Waals surface area contributed by atoms with Gasteiger partial charge in [0.1, 0.15) is 5.82 Å². The van der Waals surface area contributed by atoms with Gasteiger partial charge in [-0.25, -0.2) is 4.39 Å². The summed E-state index contributed by atoms with van der Waals surface area (Å²) in [6, 6.07) is 4.89. The minimum absolute atomic E-state index is 0.280. The van der Waals surface area contributed by atoms with Crippen molar-refractivity contribution in [3.63, 3.8) is 0 Å². The Morgan fingerprint density at radius 3 is 2.82 bits per heavy atom. The Labute approximate surface area is 65.4 Å². The molecule has 1 heteroatoms. The van der Waals surface area contributed by atoms with Gasteiger partial charge in [0.15, 0.2) is 0 Å². The molecular weight excluding hydrogens is 139 g/mol. The first-order valence-electron chi connectivity index (χ1n) is 3.17.